The zero-order valence-corrected chi connectivity index (χ0v) is 10.2. The molecule has 2 heterocycles. The molecule has 0 fully saturated rings. The highest BCUT2D eigenvalue weighted by Crippen LogP contribution is 2.23. The van der Waals surface area contributed by atoms with Crippen molar-refractivity contribution in [3.8, 4) is 0 Å². The van der Waals surface area contributed by atoms with Gasteiger partial charge in [-0.2, -0.15) is 0 Å². The summed E-state index contributed by atoms with van der Waals surface area (Å²) in [5, 5.41) is 16.3. The van der Waals surface area contributed by atoms with Gasteiger partial charge in [0, 0.05) is 11.8 Å². The molecule has 2 rings (SSSR count). The molecule has 86 valence electrons. The zero-order valence-electron chi connectivity index (χ0n) is 9.41. The monoisotopic (exact) mass is 239 g/mol. The van der Waals surface area contributed by atoms with Gasteiger partial charge in [0.1, 0.15) is 6.26 Å². The highest BCUT2D eigenvalue weighted by Gasteiger charge is 2.19. The van der Waals surface area contributed by atoms with Gasteiger partial charge in [0.25, 0.3) is 0 Å². The SMILES string of the molecule is CC(C)(C)n1nnnc1SCc1ccon1. The Kier molecular flexibility index (Phi) is 2.95. The van der Waals surface area contributed by atoms with E-state index < -0.39 is 0 Å². The van der Waals surface area contributed by atoms with Gasteiger partial charge in [0.05, 0.1) is 11.2 Å². The zero-order chi connectivity index (χ0) is 11.6. The molecule has 0 aliphatic heterocycles. The summed E-state index contributed by atoms with van der Waals surface area (Å²) >= 11 is 1.54. The van der Waals surface area contributed by atoms with E-state index >= 15 is 0 Å². The molecule has 6 nitrogen and oxygen atoms in total. The second kappa shape index (κ2) is 4.25. The van der Waals surface area contributed by atoms with Crippen LogP contribution in [0.5, 0.6) is 0 Å². The molecule has 0 unspecified atom stereocenters. The predicted molar refractivity (Wildman–Crippen MR) is 58.9 cm³/mol. The van der Waals surface area contributed by atoms with Crippen molar-refractivity contribution in [2.75, 3.05) is 0 Å². The molecule has 16 heavy (non-hydrogen) atoms. The molecule has 0 N–H and O–H groups in total. The minimum atomic E-state index is -0.115. The third-order valence-corrected chi connectivity index (χ3v) is 2.87. The van der Waals surface area contributed by atoms with Crippen molar-refractivity contribution in [3.05, 3.63) is 18.0 Å². The first-order valence-electron chi connectivity index (χ1n) is 4.88. The normalized spacial score (nSPS) is 11.9. The summed E-state index contributed by atoms with van der Waals surface area (Å²) in [7, 11) is 0. The fourth-order valence-corrected chi connectivity index (χ4v) is 2.09. The maximum atomic E-state index is 4.76. The van der Waals surface area contributed by atoms with Crippen molar-refractivity contribution in [1.29, 1.82) is 0 Å². The quantitative estimate of drug-likeness (QED) is 0.759. The Morgan fingerprint density at radius 1 is 1.44 bits per heavy atom. The molecule has 7 heteroatoms. The maximum Gasteiger partial charge on any atom is 0.210 e. The molecule has 0 bridgehead atoms. The summed E-state index contributed by atoms with van der Waals surface area (Å²) in [5.74, 6) is 0.701. The molecule has 0 radical (unpaired) electrons. The van der Waals surface area contributed by atoms with Gasteiger partial charge in [0.2, 0.25) is 5.16 Å². The fraction of sp³-hybridized carbons (Fsp3) is 0.556. The largest absolute Gasteiger partial charge is 0.364 e. The number of hydrogen-bond acceptors (Lipinski definition) is 6. The van der Waals surface area contributed by atoms with Crippen LogP contribution in [-0.2, 0) is 11.3 Å². The summed E-state index contributed by atoms with van der Waals surface area (Å²) in [6, 6.07) is 1.83. The van der Waals surface area contributed by atoms with Crippen molar-refractivity contribution in [2.45, 2.75) is 37.2 Å². The first-order valence-corrected chi connectivity index (χ1v) is 5.87. The average molecular weight is 239 g/mol. The van der Waals surface area contributed by atoms with Crippen LogP contribution < -0.4 is 0 Å². The van der Waals surface area contributed by atoms with Crippen molar-refractivity contribution >= 4 is 11.8 Å². The Hall–Kier alpha value is -1.37. The average Bonchev–Trinajstić information content (AvgIpc) is 2.85. The van der Waals surface area contributed by atoms with Gasteiger partial charge in [-0.15, -0.1) is 5.10 Å². The van der Waals surface area contributed by atoms with E-state index in [0.717, 1.165) is 10.9 Å². The molecule has 0 aliphatic carbocycles. The van der Waals surface area contributed by atoms with Gasteiger partial charge < -0.3 is 4.52 Å². The third-order valence-electron chi connectivity index (χ3n) is 1.92. The van der Waals surface area contributed by atoms with Crippen LogP contribution in [0.15, 0.2) is 22.0 Å². The van der Waals surface area contributed by atoms with Gasteiger partial charge in [-0.05, 0) is 31.2 Å². The Morgan fingerprint density at radius 3 is 2.88 bits per heavy atom. The number of thioether (sulfide) groups is 1. The Bertz CT molecular complexity index is 445. The van der Waals surface area contributed by atoms with E-state index in [2.05, 4.69) is 41.5 Å². The molecule has 0 spiro atoms. The van der Waals surface area contributed by atoms with Crippen LogP contribution >= 0.6 is 11.8 Å². The molecule has 0 saturated heterocycles. The summed E-state index contributed by atoms with van der Waals surface area (Å²) in [6.07, 6.45) is 1.56. The lowest BCUT2D eigenvalue weighted by atomic mass is 10.1. The number of rotatable bonds is 3. The third kappa shape index (κ3) is 2.41. The van der Waals surface area contributed by atoms with Crippen LogP contribution in [0.25, 0.3) is 0 Å². The number of tetrazole rings is 1. The molecular formula is C9H13N5OS. The van der Waals surface area contributed by atoms with Crippen LogP contribution in [0.3, 0.4) is 0 Å². The van der Waals surface area contributed by atoms with Crippen LogP contribution in [-0.4, -0.2) is 25.4 Å². The first kappa shape index (κ1) is 11.1. The van der Waals surface area contributed by atoms with Crippen molar-refractivity contribution in [2.24, 2.45) is 0 Å². The van der Waals surface area contributed by atoms with E-state index in [4.69, 9.17) is 4.52 Å². The number of aromatic nitrogens is 5. The molecule has 0 aromatic carbocycles. The lowest BCUT2D eigenvalue weighted by Gasteiger charge is -2.19. The van der Waals surface area contributed by atoms with E-state index in [1.807, 2.05) is 6.07 Å². The van der Waals surface area contributed by atoms with E-state index in [9.17, 15) is 0 Å². The van der Waals surface area contributed by atoms with E-state index in [1.54, 1.807) is 22.7 Å². The van der Waals surface area contributed by atoms with Crippen LogP contribution in [0.1, 0.15) is 26.5 Å². The lowest BCUT2D eigenvalue weighted by molar-refractivity contribution is 0.321. The first-order chi connectivity index (χ1) is 7.57. The van der Waals surface area contributed by atoms with Crippen molar-refractivity contribution in [3.63, 3.8) is 0 Å². The summed E-state index contributed by atoms with van der Waals surface area (Å²) in [4.78, 5) is 0. The number of nitrogens with zero attached hydrogens (tertiary/aromatic N) is 5. The molecular weight excluding hydrogens is 226 g/mol. The Morgan fingerprint density at radius 2 is 2.25 bits per heavy atom. The summed E-state index contributed by atoms with van der Waals surface area (Å²) in [6.45, 7) is 6.18. The smallest absolute Gasteiger partial charge is 0.210 e. The molecule has 2 aromatic heterocycles. The van der Waals surface area contributed by atoms with Gasteiger partial charge >= 0.3 is 0 Å². The topological polar surface area (TPSA) is 69.6 Å². The maximum absolute atomic E-state index is 4.76. The molecule has 0 saturated carbocycles. The number of hydrogen-bond donors (Lipinski definition) is 0. The fourth-order valence-electron chi connectivity index (χ4n) is 1.14. The summed E-state index contributed by atoms with van der Waals surface area (Å²) in [5.41, 5.74) is 0.767. The Labute approximate surface area is 97.4 Å². The van der Waals surface area contributed by atoms with Crippen LogP contribution in [0.4, 0.5) is 0 Å². The molecule has 0 aliphatic rings. The van der Waals surface area contributed by atoms with Crippen molar-refractivity contribution < 1.29 is 4.52 Å². The minimum Gasteiger partial charge on any atom is -0.364 e. The highest BCUT2D eigenvalue weighted by atomic mass is 32.2. The minimum absolute atomic E-state index is 0.115. The van der Waals surface area contributed by atoms with Gasteiger partial charge in [-0.25, -0.2) is 4.68 Å². The highest BCUT2D eigenvalue weighted by molar-refractivity contribution is 7.98. The molecule has 0 amide bonds. The van der Waals surface area contributed by atoms with Gasteiger partial charge in [-0.1, -0.05) is 16.9 Å². The predicted octanol–water partition coefficient (Wildman–Crippen LogP) is 1.71. The van der Waals surface area contributed by atoms with Crippen molar-refractivity contribution in [1.82, 2.24) is 25.4 Å². The Balaban J connectivity index is 2.08. The summed E-state index contributed by atoms with van der Waals surface area (Å²) < 4.78 is 6.56. The standard InChI is InChI=1S/C9H13N5OS/c1-9(2,3)14-8(10-12-13-14)16-6-7-4-5-15-11-7/h4-5H,6H2,1-3H3. The second-order valence-electron chi connectivity index (χ2n) is 4.32. The van der Waals surface area contributed by atoms with E-state index in [1.165, 1.54) is 0 Å². The van der Waals surface area contributed by atoms with Crippen LogP contribution in [0.2, 0.25) is 0 Å². The second-order valence-corrected chi connectivity index (χ2v) is 5.27. The lowest BCUT2D eigenvalue weighted by Crippen LogP contribution is -2.24. The van der Waals surface area contributed by atoms with E-state index in [-0.39, 0.29) is 5.54 Å². The van der Waals surface area contributed by atoms with Gasteiger partial charge in [0.15, 0.2) is 0 Å². The van der Waals surface area contributed by atoms with Crippen LogP contribution in [0, 0.1) is 0 Å². The molecule has 0 atom stereocenters. The van der Waals surface area contributed by atoms with E-state index in [0.29, 0.717) is 5.75 Å². The molecule has 2 aromatic rings. The van der Waals surface area contributed by atoms with Gasteiger partial charge in [-0.3, -0.25) is 0 Å².